The number of aromatic amines is 1. The number of methoxy groups -OCH3 is 1. The highest BCUT2D eigenvalue weighted by Gasteiger charge is 2.27. The molecule has 2 N–H and O–H groups in total. The van der Waals surface area contributed by atoms with Crippen LogP contribution >= 0.6 is 0 Å². The number of ether oxygens (including phenoxy) is 2. The van der Waals surface area contributed by atoms with Gasteiger partial charge >= 0.3 is 6.09 Å². The summed E-state index contributed by atoms with van der Waals surface area (Å²) in [4.78, 5) is 17.2. The Bertz CT molecular complexity index is 1690. The Morgan fingerprint density at radius 3 is 2.60 bits per heavy atom. The van der Waals surface area contributed by atoms with Crippen LogP contribution in [0.2, 0.25) is 0 Å². The topological polar surface area (TPSA) is 68.3 Å². The zero-order valence-corrected chi connectivity index (χ0v) is 23.9. The number of fused-ring (bicyclic) bond motifs is 4. The number of hydrogen-bond donors (Lipinski definition) is 2. The van der Waals surface area contributed by atoms with Gasteiger partial charge in [-0.3, -0.25) is 0 Å². The predicted molar refractivity (Wildman–Crippen MR) is 161 cm³/mol. The fourth-order valence-electron chi connectivity index (χ4n) is 5.97. The van der Waals surface area contributed by atoms with Crippen LogP contribution < -0.4 is 10.1 Å². The number of nitrogens with one attached hydrogen (secondary N) is 2. The molecule has 206 valence electrons. The molecular formula is C34H37N3O3. The number of nitrogens with zero attached hydrogens (tertiary/aromatic N) is 1. The first-order chi connectivity index (χ1) is 19.2. The quantitative estimate of drug-likeness (QED) is 0.237. The Labute approximate surface area is 235 Å². The largest absolute Gasteiger partial charge is 0.497 e. The SMILES string of the molecule is COc1ccc2c(c1)cc(-c1ccc3[nH]c4c(c3c1)CCCC4N[C@H](C)c1ccccc1)n2C(=O)OC(C)(C)C. The van der Waals surface area contributed by atoms with E-state index in [0.717, 1.165) is 52.7 Å². The van der Waals surface area contributed by atoms with Crippen molar-refractivity contribution in [3.8, 4) is 17.0 Å². The van der Waals surface area contributed by atoms with Crippen molar-refractivity contribution in [1.82, 2.24) is 14.9 Å². The van der Waals surface area contributed by atoms with Crippen LogP contribution in [0.25, 0.3) is 33.1 Å². The van der Waals surface area contributed by atoms with E-state index in [1.807, 2.05) is 45.0 Å². The number of rotatable bonds is 5. The first-order valence-electron chi connectivity index (χ1n) is 14.1. The maximum atomic E-state index is 13.5. The lowest BCUT2D eigenvalue weighted by molar-refractivity contribution is 0.0547. The van der Waals surface area contributed by atoms with Gasteiger partial charge in [-0.2, -0.15) is 0 Å². The van der Waals surface area contributed by atoms with Gasteiger partial charge in [0.2, 0.25) is 0 Å². The van der Waals surface area contributed by atoms with Gasteiger partial charge in [-0.05, 0) is 100 Å². The summed E-state index contributed by atoms with van der Waals surface area (Å²) < 4.78 is 13.0. The average Bonchev–Trinajstić information content (AvgIpc) is 3.51. The number of aryl methyl sites for hydroxylation is 1. The van der Waals surface area contributed by atoms with Crippen molar-refractivity contribution >= 4 is 27.9 Å². The lowest BCUT2D eigenvalue weighted by Crippen LogP contribution is -2.27. The van der Waals surface area contributed by atoms with E-state index in [1.165, 1.54) is 22.2 Å². The van der Waals surface area contributed by atoms with Gasteiger partial charge < -0.3 is 19.8 Å². The van der Waals surface area contributed by atoms with Gasteiger partial charge in [0.25, 0.3) is 0 Å². The molecule has 2 atom stereocenters. The van der Waals surface area contributed by atoms with E-state index in [9.17, 15) is 4.79 Å². The zero-order valence-electron chi connectivity index (χ0n) is 23.9. The number of benzene rings is 3. The Morgan fingerprint density at radius 2 is 1.85 bits per heavy atom. The third-order valence-corrected chi connectivity index (χ3v) is 7.84. The fraction of sp³-hybridized carbons (Fsp3) is 0.324. The Balaban J connectivity index is 1.42. The highest BCUT2D eigenvalue weighted by molar-refractivity contribution is 5.98. The molecular weight excluding hydrogens is 498 g/mol. The van der Waals surface area contributed by atoms with E-state index >= 15 is 0 Å². The molecule has 6 rings (SSSR count). The first kappa shape index (κ1) is 26.2. The first-order valence-corrected chi connectivity index (χ1v) is 14.1. The number of carbonyl (C=O) groups is 1. The Morgan fingerprint density at radius 1 is 1.05 bits per heavy atom. The van der Waals surface area contributed by atoms with Gasteiger partial charge in [0.15, 0.2) is 0 Å². The molecule has 0 fully saturated rings. The summed E-state index contributed by atoms with van der Waals surface area (Å²) in [5.74, 6) is 0.749. The summed E-state index contributed by atoms with van der Waals surface area (Å²) >= 11 is 0. The third kappa shape index (κ3) is 4.88. The Hall–Kier alpha value is -4.03. The van der Waals surface area contributed by atoms with Gasteiger partial charge in [0, 0.05) is 34.1 Å². The molecule has 0 spiro atoms. The molecule has 2 heterocycles. The molecule has 1 aliphatic rings. The second-order valence-electron chi connectivity index (χ2n) is 11.8. The zero-order chi connectivity index (χ0) is 28.0. The van der Waals surface area contributed by atoms with Crippen LogP contribution in [0.4, 0.5) is 4.79 Å². The molecule has 6 heteroatoms. The summed E-state index contributed by atoms with van der Waals surface area (Å²) in [6.07, 6.45) is 2.86. The molecule has 1 aliphatic carbocycles. The van der Waals surface area contributed by atoms with Gasteiger partial charge in [-0.15, -0.1) is 0 Å². The number of hydrogen-bond acceptors (Lipinski definition) is 4. The number of aromatic nitrogens is 2. The average molecular weight is 536 g/mol. The highest BCUT2D eigenvalue weighted by atomic mass is 16.6. The van der Waals surface area contributed by atoms with Crippen LogP contribution in [0.3, 0.4) is 0 Å². The van der Waals surface area contributed by atoms with Crippen molar-refractivity contribution in [2.45, 2.75) is 64.6 Å². The smallest absolute Gasteiger partial charge is 0.419 e. The van der Waals surface area contributed by atoms with Crippen molar-refractivity contribution in [2.24, 2.45) is 0 Å². The van der Waals surface area contributed by atoms with Crippen LogP contribution in [0.1, 0.15) is 69.4 Å². The second kappa shape index (κ2) is 10.2. The Kier molecular flexibility index (Phi) is 6.67. The van der Waals surface area contributed by atoms with E-state index in [1.54, 1.807) is 11.7 Å². The maximum Gasteiger partial charge on any atom is 0.419 e. The highest BCUT2D eigenvalue weighted by Crippen LogP contribution is 2.39. The molecule has 5 aromatic rings. The van der Waals surface area contributed by atoms with Crippen LogP contribution in [-0.2, 0) is 11.2 Å². The molecule has 40 heavy (non-hydrogen) atoms. The minimum Gasteiger partial charge on any atom is -0.497 e. The standard InChI is InChI=1S/C34H37N3O3/c1-21(22-10-7-6-8-11-22)35-29-13-9-12-26-27-19-23(14-16-28(27)36-32(26)29)31-20-24-18-25(39-5)15-17-30(24)37(31)33(38)40-34(2,3)4/h6-8,10-11,14-21,29,35-36H,9,12-13H2,1-5H3/t21-,29?/m1/s1. The summed E-state index contributed by atoms with van der Waals surface area (Å²) in [6, 6.07) is 25.4. The van der Waals surface area contributed by atoms with Gasteiger partial charge in [0.1, 0.15) is 11.4 Å². The van der Waals surface area contributed by atoms with Gasteiger partial charge in [-0.1, -0.05) is 36.4 Å². The molecule has 0 saturated carbocycles. The van der Waals surface area contributed by atoms with E-state index in [4.69, 9.17) is 9.47 Å². The molecule has 0 radical (unpaired) electrons. The molecule has 0 aliphatic heterocycles. The van der Waals surface area contributed by atoms with Crippen molar-refractivity contribution in [2.75, 3.05) is 7.11 Å². The monoisotopic (exact) mass is 535 g/mol. The van der Waals surface area contributed by atoms with Crippen molar-refractivity contribution in [3.63, 3.8) is 0 Å². The summed E-state index contributed by atoms with van der Waals surface area (Å²) in [6.45, 7) is 7.90. The summed E-state index contributed by atoms with van der Waals surface area (Å²) in [7, 11) is 1.65. The predicted octanol–water partition coefficient (Wildman–Crippen LogP) is 8.31. The van der Waals surface area contributed by atoms with E-state index in [-0.39, 0.29) is 12.1 Å². The maximum absolute atomic E-state index is 13.5. The lowest BCUT2D eigenvalue weighted by Gasteiger charge is -2.27. The normalized spacial score (nSPS) is 16.2. The van der Waals surface area contributed by atoms with Crippen LogP contribution in [0.5, 0.6) is 5.75 Å². The molecule has 0 amide bonds. The molecule has 0 saturated heterocycles. The fourth-order valence-corrected chi connectivity index (χ4v) is 5.97. The number of carbonyl (C=O) groups excluding carboxylic acids is 1. The minimum atomic E-state index is -0.611. The van der Waals surface area contributed by atoms with Crippen molar-refractivity contribution in [3.05, 3.63) is 89.6 Å². The van der Waals surface area contributed by atoms with E-state index < -0.39 is 11.7 Å². The van der Waals surface area contributed by atoms with Crippen LogP contribution in [-0.4, -0.2) is 28.4 Å². The van der Waals surface area contributed by atoms with Crippen LogP contribution in [0.15, 0.2) is 72.8 Å². The number of H-pyrrole nitrogens is 1. The van der Waals surface area contributed by atoms with E-state index in [2.05, 4.69) is 65.8 Å². The summed E-state index contributed by atoms with van der Waals surface area (Å²) in [5.41, 5.74) is 7.01. The molecule has 6 nitrogen and oxygen atoms in total. The second-order valence-corrected chi connectivity index (χ2v) is 11.8. The molecule has 0 bridgehead atoms. The molecule has 1 unspecified atom stereocenters. The molecule has 2 aromatic heterocycles. The van der Waals surface area contributed by atoms with Crippen molar-refractivity contribution in [1.29, 1.82) is 0 Å². The van der Waals surface area contributed by atoms with Gasteiger partial charge in [-0.25, -0.2) is 9.36 Å². The molecule has 3 aromatic carbocycles. The lowest BCUT2D eigenvalue weighted by atomic mass is 9.90. The van der Waals surface area contributed by atoms with E-state index in [0.29, 0.717) is 0 Å². The van der Waals surface area contributed by atoms with Gasteiger partial charge in [0.05, 0.1) is 18.3 Å². The minimum absolute atomic E-state index is 0.251. The third-order valence-electron chi connectivity index (χ3n) is 7.84. The summed E-state index contributed by atoms with van der Waals surface area (Å²) in [5, 5.41) is 6.00. The van der Waals surface area contributed by atoms with Crippen molar-refractivity contribution < 1.29 is 14.3 Å². The van der Waals surface area contributed by atoms with Crippen LogP contribution in [0, 0.1) is 0 Å².